The minimum absolute atomic E-state index is 0.165. The molecule has 0 radical (unpaired) electrons. The lowest BCUT2D eigenvalue weighted by atomic mass is 10.2. The molecule has 18 heavy (non-hydrogen) atoms. The van der Waals surface area contributed by atoms with Crippen molar-refractivity contribution in [2.45, 2.75) is 6.54 Å². The van der Waals surface area contributed by atoms with Crippen LogP contribution in [0.5, 0.6) is 0 Å². The van der Waals surface area contributed by atoms with Gasteiger partial charge in [0.25, 0.3) is 5.91 Å². The zero-order valence-electron chi connectivity index (χ0n) is 9.98. The molecule has 3 N–H and O–H groups in total. The van der Waals surface area contributed by atoms with Crippen LogP contribution in [0.25, 0.3) is 0 Å². The van der Waals surface area contributed by atoms with Crippen LogP contribution in [0.1, 0.15) is 15.9 Å². The average molecular weight is 264 g/mol. The number of benzene rings is 1. The summed E-state index contributed by atoms with van der Waals surface area (Å²) in [6.07, 6.45) is 3.89. The fourth-order valence-electron chi connectivity index (χ4n) is 1.63. The number of rotatable bonds is 3. The molecule has 5 heteroatoms. The van der Waals surface area contributed by atoms with E-state index < -0.39 is 0 Å². The van der Waals surface area contributed by atoms with Crippen molar-refractivity contribution < 1.29 is 4.79 Å². The van der Waals surface area contributed by atoms with Gasteiger partial charge in [0.2, 0.25) is 0 Å². The molecule has 0 atom stereocenters. The van der Waals surface area contributed by atoms with Gasteiger partial charge in [-0.05, 0) is 29.8 Å². The third-order valence-electron chi connectivity index (χ3n) is 2.60. The van der Waals surface area contributed by atoms with Crippen LogP contribution in [0, 0.1) is 0 Å². The number of halogens is 1. The number of nitrogens with one attached hydrogen (secondary N) is 1. The van der Waals surface area contributed by atoms with Gasteiger partial charge in [-0.15, -0.1) is 0 Å². The van der Waals surface area contributed by atoms with Gasteiger partial charge in [0.05, 0.1) is 10.7 Å². The molecule has 1 aromatic carbocycles. The molecule has 2 aromatic rings. The first-order valence-corrected chi connectivity index (χ1v) is 5.88. The van der Waals surface area contributed by atoms with Gasteiger partial charge in [-0.2, -0.15) is 0 Å². The summed E-state index contributed by atoms with van der Waals surface area (Å²) >= 11 is 5.80. The molecule has 0 fully saturated rings. The molecule has 1 aromatic heterocycles. The van der Waals surface area contributed by atoms with Crippen molar-refractivity contribution in [2.75, 3.05) is 5.73 Å². The van der Waals surface area contributed by atoms with E-state index in [1.807, 2.05) is 30.1 Å². The summed E-state index contributed by atoms with van der Waals surface area (Å²) in [5, 5.41) is 3.28. The van der Waals surface area contributed by atoms with Crippen molar-refractivity contribution >= 4 is 23.2 Å². The second kappa shape index (κ2) is 5.14. The highest BCUT2D eigenvalue weighted by atomic mass is 35.5. The lowest BCUT2D eigenvalue weighted by molar-refractivity contribution is 0.0951. The van der Waals surface area contributed by atoms with E-state index in [0.717, 1.165) is 5.56 Å². The number of nitrogens with zero attached hydrogens (tertiary/aromatic N) is 1. The maximum Gasteiger partial charge on any atom is 0.251 e. The smallest absolute Gasteiger partial charge is 0.251 e. The van der Waals surface area contributed by atoms with Crippen LogP contribution in [0.3, 0.4) is 0 Å². The third-order valence-corrected chi connectivity index (χ3v) is 2.95. The quantitative estimate of drug-likeness (QED) is 0.834. The molecule has 0 saturated heterocycles. The number of carbonyl (C=O) groups excluding carboxylic acids is 1. The molecule has 4 nitrogen and oxygen atoms in total. The fraction of sp³-hybridized carbons (Fsp3) is 0.154. The van der Waals surface area contributed by atoms with Crippen LogP contribution >= 0.6 is 11.6 Å². The highest BCUT2D eigenvalue weighted by molar-refractivity contribution is 6.33. The van der Waals surface area contributed by atoms with Crippen LogP contribution in [-0.4, -0.2) is 10.5 Å². The normalized spacial score (nSPS) is 10.3. The summed E-state index contributed by atoms with van der Waals surface area (Å²) in [4.78, 5) is 11.9. The van der Waals surface area contributed by atoms with Crippen LogP contribution in [-0.2, 0) is 13.6 Å². The summed E-state index contributed by atoms with van der Waals surface area (Å²) in [7, 11) is 1.94. The minimum atomic E-state index is -0.165. The largest absolute Gasteiger partial charge is 0.398 e. The molecule has 0 saturated carbocycles. The van der Waals surface area contributed by atoms with Crippen LogP contribution in [0.4, 0.5) is 5.69 Å². The van der Waals surface area contributed by atoms with E-state index in [4.69, 9.17) is 17.3 Å². The predicted molar refractivity (Wildman–Crippen MR) is 72.4 cm³/mol. The van der Waals surface area contributed by atoms with E-state index in [-0.39, 0.29) is 5.91 Å². The van der Waals surface area contributed by atoms with Gasteiger partial charge in [0.15, 0.2) is 0 Å². The van der Waals surface area contributed by atoms with E-state index in [1.165, 1.54) is 0 Å². The van der Waals surface area contributed by atoms with Gasteiger partial charge in [0, 0.05) is 31.5 Å². The third kappa shape index (κ3) is 2.84. The molecule has 1 heterocycles. The zero-order valence-corrected chi connectivity index (χ0v) is 10.7. The Labute approximate surface area is 110 Å². The maximum atomic E-state index is 11.9. The Kier molecular flexibility index (Phi) is 3.58. The van der Waals surface area contributed by atoms with E-state index in [9.17, 15) is 4.79 Å². The Balaban J connectivity index is 2.01. The van der Waals surface area contributed by atoms with Gasteiger partial charge in [-0.1, -0.05) is 11.6 Å². The SMILES string of the molecule is Cn1ccc(CNC(=O)c2ccc(Cl)c(N)c2)c1. The summed E-state index contributed by atoms with van der Waals surface area (Å²) in [5.41, 5.74) is 7.62. The molecule has 0 aliphatic rings. The number of carbonyl (C=O) groups is 1. The van der Waals surface area contributed by atoms with Gasteiger partial charge in [-0.3, -0.25) is 4.79 Å². The Morgan fingerprint density at radius 1 is 1.44 bits per heavy atom. The van der Waals surface area contributed by atoms with Gasteiger partial charge < -0.3 is 15.6 Å². The fourth-order valence-corrected chi connectivity index (χ4v) is 1.75. The molecule has 94 valence electrons. The van der Waals surface area contributed by atoms with E-state index in [1.54, 1.807) is 18.2 Å². The molecule has 0 spiro atoms. The summed E-state index contributed by atoms with van der Waals surface area (Å²) in [6.45, 7) is 0.488. The van der Waals surface area contributed by atoms with Crippen LogP contribution in [0.15, 0.2) is 36.7 Å². The monoisotopic (exact) mass is 263 g/mol. The molecular weight excluding hydrogens is 250 g/mol. The number of nitrogens with two attached hydrogens (primary N) is 1. The molecule has 0 bridgehead atoms. The van der Waals surface area contributed by atoms with Crippen molar-refractivity contribution in [3.05, 3.63) is 52.8 Å². The summed E-state index contributed by atoms with van der Waals surface area (Å²) in [5.74, 6) is -0.165. The van der Waals surface area contributed by atoms with Crippen LogP contribution in [0.2, 0.25) is 5.02 Å². The molecule has 0 aliphatic carbocycles. The number of aryl methyl sites for hydroxylation is 1. The van der Waals surface area contributed by atoms with Gasteiger partial charge in [0.1, 0.15) is 0 Å². The standard InChI is InChI=1S/C13H14ClN3O/c1-17-5-4-9(8-17)7-16-13(18)10-2-3-11(14)12(15)6-10/h2-6,8H,7,15H2,1H3,(H,16,18). The first-order chi connectivity index (χ1) is 8.56. The lowest BCUT2D eigenvalue weighted by Crippen LogP contribution is -2.22. The van der Waals surface area contributed by atoms with Crippen molar-refractivity contribution in [3.63, 3.8) is 0 Å². The molecule has 0 unspecified atom stereocenters. The van der Waals surface area contributed by atoms with E-state index >= 15 is 0 Å². The summed E-state index contributed by atoms with van der Waals surface area (Å²) < 4.78 is 1.93. The Bertz CT molecular complexity index is 577. The molecular formula is C13H14ClN3O. The second-order valence-electron chi connectivity index (χ2n) is 4.10. The van der Waals surface area contributed by atoms with Gasteiger partial charge in [-0.25, -0.2) is 0 Å². The topological polar surface area (TPSA) is 60.0 Å². The predicted octanol–water partition coefficient (Wildman–Crippen LogP) is 2.19. The highest BCUT2D eigenvalue weighted by Gasteiger charge is 2.07. The van der Waals surface area contributed by atoms with Crippen molar-refractivity contribution in [1.82, 2.24) is 9.88 Å². The summed E-state index contributed by atoms with van der Waals surface area (Å²) in [6, 6.07) is 6.80. The van der Waals surface area contributed by atoms with Crippen molar-refractivity contribution in [1.29, 1.82) is 0 Å². The number of amides is 1. The Morgan fingerprint density at radius 3 is 2.83 bits per heavy atom. The number of hydrogen-bond donors (Lipinski definition) is 2. The number of nitrogen functional groups attached to an aromatic ring is 1. The van der Waals surface area contributed by atoms with E-state index in [0.29, 0.717) is 22.8 Å². The molecule has 0 aliphatic heterocycles. The Morgan fingerprint density at radius 2 is 2.22 bits per heavy atom. The van der Waals surface area contributed by atoms with Crippen molar-refractivity contribution in [2.24, 2.45) is 7.05 Å². The molecule has 1 amide bonds. The highest BCUT2D eigenvalue weighted by Crippen LogP contribution is 2.19. The zero-order chi connectivity index (χ0) is 13.1. The second-order valence-corrected chi connectivity index (χ2v) is 4.51. The average Bonchev–Trinajstić information content (AvgIpc) is 2.75. The number of hydrogen-bond acceptors (Lipinski definition) is 2. The van der Waals surface area contributed by atoms with Crippen LogP contribution < -0.4 is 11.1 Å². The number of aromatic nitrogens is 1. The Hall–Kier alpha value is -1.94. The minimum Gasteiger partial charge on any atom is -0.398 e. The van der Waals surface area contributed by atoms with E-state index in [2.05, 4.69) is 5.32 Å². The van der Waals surface area contributed by atoms with Crippen molar-refractivity contribution in [3.8, 4) is 0 Å². The molecule has 2 rings (SSSR count). The van der Waals surface area contributed by atoms with Gasteiger partial charge >= 0.3 is 0 Å². The lowest BCUT2D eigenvalue weighted by Gasteiger charge is -2.05. The first-order valence-electron chi connectivity index (χ1n) is 5.50. The number of anilines is 1. The maximum absolute atomic E-state index is 11.9. The first kappa shape index (κ1) is 12.5.